The van der Waals surface area contributed by atoms with Gasteiger partial charge in [0.25, 0.3) is 0 Å². The average Bonchev–Trinajstić information content (AvgIpc) is 2.42. The van der Waals surface area contributed by atoms with Gasteiger partial charge in [-0.05, 0) is 32.4 Å². The summed E-state index contributed by atoms with van der Waals surface area (Å²) in [7, 11) is 2.20. The lowest BCUT2D eigenvalue weighted by atomic mass is 10.1. The van der Waals surface area contributed by atoms with E-state index < -0.39 is 0 Å². The molecule has 2 heteroatoms. The monoisotopic (exact) mass is 306 g/mol. The first-order valence-corrected chi connectivity index (χ1v) is 8.85. The van der Waals surface area contributed by atoms with Crippen molar-refractivity contribution in [2.24, 2.45) is 5.92 Å². The van der Waals surface area contributed by atoms with E-state index in [2.05, 4.69) is 69.7 Å². The molecular weight excluding hydrogens is 268 g/mol. The minimum absolute atomic E-state index is 0.833. The van der Waals surface area contributed by atoms with Crippen molar-refractivity contribution >= 4 is 0 Å². The second-order valence-electron chi connectivity index (χ2n) is 6.81. The Labute approximate surface area is 139 Å². The quantitative estimate of drug-likeness (QED) is 0.778. The molecule has 1 aliphatic rings. The normalized spacial score (nSPS) is 15.7. The number of piperazine rings is 1. The van der Waals surface area contributed by atoms with E-state index in [1.807, 2.05) is 13.8 Å². The third-order valence-corrected chi connectivity index (χ3v) is 3.28. The summed E-state index contributed by atoms with van der Waals surface area (Å²) in [6, 6.07) is 6.87. The number of nitrogens with zero attached hydrogens (tertiary/aromatic N) is 2. The Morgan fingerprint density at radius 1 is 0.864 bits per heavy atom. The van der Waals surface area contributed by atoms with Crippen molar-refractivity contribution in [3.05, 3.63) is 34.9 Å². The molecule has 0 aromatic heterocycles. The summed E-state index contributed by atoms with van der Waals surface area (Å²) in [5.74, 6) is 0.833. The largest absolute Gasteiger partial charge is 0.304 e. The lowest BCUT2D eigenvalue weighted by molar-refractivity contribution is 0.148. The van der Waals surface area contributed by atoms with Crippen molar-refractivity contribution < 1.29 is 0 Å². The Hall–Kier alpha value is -0.860. The van der Waals surface area contributed by atoms with Crippen LogP contribution in [-0.4, -0.2) is 43.0 Å². The van der Waals surface area contributed by atoms with Gasteiger partial charge < -0.3 is 4.90 Å². The van der Waals surface area contributed by atoms with Gasteiger partial charge in [0.2, 0.25) is 0 Å². The van der Waals surface area contributed by atoms with E-state index in [0.29, 0.717) is 0 Å². The Kier molecular flexibility index (Phi) is 11.2. The van der Waals surface area contributed by atoms with Gasteiger partial charge in [-0.1, -0.05) is 63.9 Å². The molecule has 1 fully saturated rings. The molecule has 2 rings (SSSR count). The highest BCUT2D eigenvalue weighted by atomic mass is 15.2. The van der Waals surface area contributed by atoms with Crippen LogP contribution in [0.2, 0.25) is 0 Å². The van der Waals surface area contributed by atoms with Gasteiger partial charge in [-0.2, -0.15) is 0 Å². The molecular formula is C20H38N2. The molecule has 1 heterocycles. The fourth-order valence-corrected chi connectivity index (χ4v) is 2.42. The number of hydrogen-bond acceptors (Lipinski definition) is 2. The molecule has 0 atom stereocenters. The van der Waals surface area contributed by atoms with Crippen molar-refractivity contribution in [2.45, 2.75) is 55.0 Å². The van der Waals surface area contributed by atoms with Gasteiger partial charge in [-0.3, -0.25) is 4.90 Å². The zero-order valence-electron chi connectivity index (χ0n) is 16.2. The molecule has 0 unspecified atom stereocenters. The lowest BCUT2D eigenvalue weighted by Gasteiger charge is -2.32. The first kappa shape index (κ1) is 21.1. The van der Waals surface area contributed by atoms with E-state index in [0.717, 1.165) is 12.5 Å². The summed E-state index contributed by atoms with van der Waals surface area (Å²) >= 11 is 0. The summed E-state index contributed by atoms with van der Waals surface area (Å²) < 4.78 is 0. The van der Waals surface area contributed by atoms with Crippen LogP contribution in [0.3, 0.4) is 0 Å². The number of likely N-dealkylation sites (N-methyl/N-ethyl adjacent to an activating group) is 1. The van der Waals surface area contributed by atoms with Crippen molar-refractivity contribution in [2.75, 3.05) is 33.2 Å². The van der Waals surface area contributed by atoms with E-state index >= 15 is 0 Å². The van der Waals surface area contributed by atoms with Crippen molar-refractivity contribution in [1.29, 1.82) is 0 Å². The second kappa shape index (κ2) is 11.7. The van der Waals surface area contributed by atoms with Crippen molar-refractivity contribution in [1.82, 2.24) is 9.80 Å². The molecule has 0 saturated carbocycles. The predicted molar refractivity (Wildman–Crippen MR) is 101 cm³/mol. The molecule has 0 N–H and O–H groups in total. The summed E-state index contributed by atoms with van der Waals surface area (Å²) in [4.78, 5) is 4.95. The number of aryl methyl sites for hydroxylation is 2. The van der Waals surface area contributed by atoms with Crippen LogP contribution >= 0.6 is 0 Å². The molecule has 0 aliphatic carbocycles. The van der Waals surface area contributed by atoms with Gasteiger partial charge in [-0.15, -0.1) is 0 Å². The van der Waals surface area contributed by atoms with Crippen molar-refractivity contribution in [3.63, 3.8) is 0 Å². The Morgan fingerprint density at radius 3 is 1.68 bits per heavy atom. The van der Waals surface area contributed by atoms with Crippen LogP contribution in [-0.2, 0) is 6.54 Å². The molecule has 0 spiro atoms. The fourth-order valence-electron chi connectivity index (χ4n) is 2.42. The average molecular weight is 307 g/mol. The van der Waals surface area contributed by atoms with Crippen LogP contribution in [0.1, 0.15) is 51.3 Å². The molecule has 0 radical (unpaired) electrons. The Bertz CT molecular complexity index is 368. The SMILES string of the molecule is CC.CC(C)C.Cc1cc(C)cc(CN2CCN(C)CC2)c1. The van der Waals surface area contributed by atoms with Crippen LogP contribution < -0.4 is 0 Å². The Morgan fingerprint density at radius 2 is 1.27 bits per heavy atom. The zero-order valence-corrected chi connectivity index (χ0v) is 16.2. The van der Waals surface area contributed by atoms with Gasteiger partial charge in [0.1, 0.15) is 0 Å². The maximum Gasteiger partial charge on any atom is 0.0235 e. The third-order valence-electron chi connectivity index (χ3n) is 3.28. The molecule has 1 aromatic carbocycles. The van der Waals surface area contributed by atoms with E-state index in [-0.39, 0.29) is 0 Å². The number of hydrogen-bond donors (Lipinski definition) is 0. The molecule has 0 bridgehead atoms. The maximum absolute atomic E-state index is 2.55. The predicted octanol–water partition coefficient (Wildman–Crippen LogP) is 4.74. The minimum Gasteiger partial charge on any atom is -0.304 e. The maximum atomic E-state index is 2.55. The topological polar surface area (TPSA) is 6.48 Å². The second-order valence-corrected chi connectivity index (χ2v) is 6.81. The van der Waals surface area contributed by atoms with E-state index in [9.17, 15) is 0 Å². The zero-order chi connectivity index (χ0) is 17.1. The summed E-state index contributed by atoms with van der Waals surface area (Å²) in [6.45, 7) is 20.8. The standard InChI is InChI=1S/C14H22N2.C4H10.C2H6/c1-12-8-13(2)10-14(9-12)11-16-6-4-15(3)5-7-16;1-4(2)3;1-2/h8-10H,4-7,11H2,1-3H3;4H,1-3H3;1-2H3. The molecule has 22 heavy (non-hydrogen) atoms. The number of rotatable bonds is 2. The number of benzene rings is 1. The molecule has 2 nitrogen and oxygen atoms in total. The van der Waals surface area contributed by atoms with Gasteiger partial charge in [0, 0.05) is 32.7 Å². The Balaban J connectivity index is 0.000000640. The van der Waals surface area contributed by atoms with E-state index in [1.165, 1.54) is 42.9 Å². The molecule has 128 valence electrons. The first-order chi connectivity index (χ1) is 10.4. The van der Waals surface area contributed by atoms with Crippen LogP contribution in [0.15, 0.2) is 18.2 Å². The van der Waals surface area contributed by atoms with E-state index in [1.54, 1.807) is 0 Å². The summed E-state index contributed by atoms with van der Waals surface area (Å²) in [5, 5.41) is 0. The van der Waals surface area contributed by atoms with E-state index in [4.69, 9.17) is 0 Å². The van der Waals surface area contributed by atoms with Gasteiger partial charge in [0.05, 0.1) is 0 Å². The van der Waals surface area contributed by atoms with Crippen LogP contribution in [0, 0.1) is 19.8 Å². The van der Waals surface area contributed by atoms with Crippen LogP contribution in [0.25, 0.3) is 0 Å². The highest BCUT2D eigenvalue weighted by Gasteiger charge is 2.13. The fraction of sp³-hybridized carbons (Fsp3) is 0.700. The van der Waals surface area contributed by atoms with Crippen molar-refractivity contribution in [3.8, 4) is 0 Å². The summed E-state index contributed by atoms with van der Waals surface area (Å²) in [6.07, 6.45) is 0. The lowest BCUT2D eigenvalue weighted by Crippen LogP contribution is -2.43. The van der Waals surface area contributed by atoms with Gasteiger partial charge >= 0.3 is 0 Å². The minimum atomic E-state index is 0.833. The summed E-state index contributed by atoms with van der Waals surface area (Å²) in [5.41, 5.74) is 4.22. The molecule has 1 aromatic rings. The smallest absolute Gasteiger partial charge is 0.0235 e. The van der Waals surface area contributed by atoms with Gasteiger partial charge in [-0.25, -0.2) is 0 Å². The molecule has 1 saturated heterocycles. The van der Waals surface area contributed by atoms with Gasteiger partial charge in [0.15, 0.2) is 0 Å². The van der Waals surface area contributed by atoms with Crippen LogP contribution in [0.4, 0.5) is 0 Å². The molecule has 1 aliphatic heterocycles. The highest BCUT2D eigenvalue weighted by Crippen LogP contribution is 2.12. The third kappa shape index (κ3) is 9.97. The highest BCUT2D eigenvalue weighted by molar-refractivity contribution is 5.28. The molecule has 0 amide bonds. The van der Waals surface area contributed by atoms with Crippen LogP contribution in [0.5, 0.6) is 0 Å². The first-order valence-electron chi connectivity index (χ1n) is 8.85.